The average molecular weight is 256 g/mol. The van der Waals surface area contributed by atoms with Gasteiger partial charge in [0.15, 0.2) is 5.78 Å². The van der Waals surface area contributed by atoms with Crippen LogP contribution >= 0.6 is 0 Å². The molecule has 0 bridgehead atoms. The van der Waals surface area contributed by atoms with Gasteiger partial charge >= 0.3 is 0 Å². The average Bonchev–Trinajstić information content (AvgIpc) is 2.27. The van der Waals surface area contributed by atoms with Gasteiger partial charge in [-0.25, -0.2) is 8.78 Å². The summed E-state index contributed by atoms with van der Waals surface area (Å²) in [6, 6.07) is 3.13. The largest absolute Gasteiger partial charge is 0.368 e. The fourth-order valence-corrected chi connectivity index (χ4v) is 1.78. The minimum absolute atomic E-state index is 0.0288. The van der Waals surface area contributed by atoms with Crippen molar-refractivity contribution >= 4 is 5.78 Å². The van der Waals surface area contributed by atoms with Crippen LogP contribution in [0.2, 0.25) is 0 Å². The van der Waals surface area contributed by atoms with E-state index in [9.17, 15) is 13.6 Å². The molecular formula is C14H18F2O2. The van der Waals surface area contributed by atoms with Crippen LogP contribution in [0, 0.1) is 11.6 Å². The lowest BCUT2D eigenvalue weighted by Gasteiger charge is -2.26. The van der Waals surface area contributed by atoms with E-state index < -0.39 is 17.2 Å². The van der Waals surface area contributed by atoms with Gasteiger partial charge in [-0.15, -0.1) is 0 Å². The summed E-state index contributed by atoms with van der Waals surface area (Å²) < 4.78 is 31.5. The molecular weight excluding hydrogens is 238 g/mol. The molecule has 18 heavy (non-hydrogen) atoms. The second-order valence-corrected chi connectivity index (χ2v) is 4.40. The molecule has 0 saturated heterocycles. The van der Waals surface area contributed by atoms with Crippen molar-refractivity contribution in [2.75, 3.05) is 6.61 Å². The summed E-state index contributed by atoms with van der Waals surface area (Å²) in [7, 11) is 0. The van der Waals surface area contributed by atoms with Gasteiger partial charge in [-0.05, 0) is 38.0 Å². The molecule has 0 amide bonds. The number of hydrogen-bond donors (Lipinski definition) is 0. The van der Waals surface area contributed by atoms with Crippen LogP contribution in [0.25, 0.3) is 0 Å². The van der Waals surface area contributed by atoms with Crippen molar-refractivity contribution in [3.8, 4) is 0 Å². The summed E-state index contributed by atoms with van der Waals surface area (Å²) in [5.41, 5.74) is -0.561. The van der Waals surface area contributed by atoms with Crippen LogP contribution in [-0.2, 0) is 16.0 Å². The number of carbonyl (C=O) groups excluding carboxylic acids is 1. The molecule has 0 heterocycles. The zero-order valence-electron chi connectivity index (χ0n) is 10.9. The van der Waals surface area contributed by atoms with Gasteiger partial charge in [0.25, 0.3) is 0 Å². The Bertz CT molecular complexity index is 412. The zero-order chi connectivity index (χ0) is 13.8. The molecule has 0 aliphatic carbocycles. The number of benzene rings is 1. The monoisotopic (exact) mass is 256 g/mol. The summed E-state index contributed by atoms with van der Waals surface area (Å²) in [6.45, 7) is 5.78. The second kappa shape index (κ2) is 6.05. The molecule has 0 spiro atoms. The third-order valence-corrected chi connectivity index (χ3v) is 3.01. The number of hydrogen-bond acceptors (Lipinski definition) is 2. The Hall–Kier alpha value is -1.29. The predicted molar refractivity (Wildman–Crippen MR) is 65.4 cm³/mol. The molecule has 100 valence electrons. The third kappa shape index (κ3) is 3.60. The maximum Gasteiger partial charge on any atom is 0.168 e. The lowest BCUT2D eigenvalue weighted by atomic mass is 9.92. The number of halogens is 2. The molecule has 1 aromatic carbocycles. The van der Waals surface area contributed by atoms with E-state index in [1.165, 1.54) is 12.1 Å². The van der Waals surface area contributed by atoms with E-state index in [1.807, 2.05) is 13.8 Å². The number of carbonyl (C=O) groups is 1. The summed E-state index contributed by atoms with van der Waals surface area (Å²) in [6.07, 6.45) is 0.497. The Morgan fingerprint density at radius 1 is 1.22 bits per heavy atom. The van der Waals surface area contributed by atoms with Crippen LogP contribution in [0.5, 0.6) is 0 Å². The SMILES string of the molecule is CCOC(C)(CC)C(=O)Cc1cc(F)cc(F)c1. The Labute approximate surface area is 106 Å². The summed E-state index contributed by atoms with van der Waals surface area (Å²) in [5.74, 6) is -1.52. The molecule has 0 saturated carbocycles. The highest BCUT2D eigenvalue weighted by atomic mass is 19.1. The van der Waals surface area contributed by atoms with Gasteiger partial charge in [0.2, 0.25) is 0 Å². The van der Waals surface area contributed by atoms with E-state index in [4.69, 9.17) is 4.74 Å². The van der Waals surface area contributed by atoms with Crippen molar-refractivity contribution < 1.29 is 18.3 Å². The Kier molecular flexibility index (Phi) is 4.96. The van der Waals surface area contributed by atoms with Crippen LogP contribution in [0.3, 0.4) is 0 Å². The quantitative estimate of drug-likeness (QED) is 0.780. The van der Waals surface area contributed by atoms with E-state index in [2.05, 4.69) is 0 Å². The van der Waals surface area contributed by atoms with Crippen molar-refractivity contribution in [1.29, 1.82) is 0 Å². The van der Waals surface area contributed by atoms with E-state index in [0.29, 0.717) is 18.6 Å². The maximum atomic E-state index is 13.0. The van der Waals surface area contributed by atoms with Crippen molar-refractivity contribution in [3.63, 3.8) is 0 Å². The van der Waals surface area contributed by atoms with Crippen LogP contribution in [0.4, 0.5) is 8.78 Å². The summed E-state index contributed by atoms with van der Waals surface area (Å²) in [4.78, 5) is 12.1. The zero-order valence-corrected chi connectivity index (χ0v) is 10.9. The molecule has 1 unspecified atom stereocenters. The highest BCUT2D eigenvalue weighted by molar-refractivity contribution is 5.88. The lowest BCUT2D eigenvalue weighted by Crippen LogP contribution is -2.39. The van der Waals surface area contributed by atoms with Crippen LogP contribution in [0.1, 0.15) is 32.8 Å². The molecule has 2 nitrogen and oxygen atoms in total. The standard InChI is InChI=1S/C14H18F2O2/c1-4-14(3,18-5-2)13(17)8-10-6-11(15)9-12(16)7-10/h6-7,9H,4-5,8H2,1-3H3. The van der Waals surface area contributed by atoms with E-state index in [-0.39, 0.29) is 12.2 Å². The first-order chi connectivity index (χ1) is 8.41. The topological polar surface area (TPSA) is 26.3 Å². The van der Waals surface area contributed by atoms with Gasteiger partial charge in [0.05, 0.1) is 0 Å². The van der Waals surface area contributed by atoms with Crippen LogP contribution in [0.15, 0.2) is 18.2 Å². The molecule has 1 rings (SSSR count). The van der Waals surface area contributed by atoms with Crippen molar-refractivity contribution in [2.45, 2.75) is 39.2 Å². The Balaban J connectivity index is 2.86. The van der Waals surface area contributed by atoms with Gasteiger partial charge in [0, 0.05) is 19.1 Å². The van der Waals surface area contributed by atoms with E-state index >= 15 is 0 Å². The summed E-state index contributed by atoms with van der Waals surface area (Å²) in [5, 5.41) is 0. The molecule has 0 aliphatic heterocycles. The highest BCUT2D eigenvalue weighted by Crippen LogP contribution is 2.20. The van der Waals surface area contributed by atoms with Crippen molar-refractivity contribution in [1.82, 2.24) is 0 Å². The van der Waals surface area contributed by atoms with Gasteiger partial charge in [-0.1, -0.05) is 6.92 Å². The predicted octanol–water partition coefficient (Wildman–Crippen LogP) is 3.28. The minimum Gasteiger partial charge on any atom is -0.368 e. The van der Waals surface area contributed by atoms with Gasteiger partial charge in [0.1, 0.15) is 17.2 Å². The number of ketones is 1. The minimum atomic E-state index is -0.891. The number of ether oxygens (including phenoxy) is 1. The Morgan fingerprint density at radius 3 is 2.22 bits per heavy atom. The fourth-order valence-electron chi connectivity index (χ4n) is 1.78. The molecule has 1 aromatic rings. The molecule has 0 N–H and O–H groups in total. The Morgan fingerprint density at radius 2 is 1.78 bits per heavy atom. The molecule has 1 atom stereocenters. The van der Waals surface area contributed by atoms with Gasteiger partial charge in [-0.2, -0.15) is 0 Å². The smallest absolute Gasteiger partial charge is 0.168 e. The van der Waals surface area contributed by atoms with E-state index in [1.54, 1.807) is 6.92 Å². The number of rotatable bonds is 6. The third-order valence-electron chi connectivity index (χ3n) is 3.01. The lowest BCUT2D eigenvalue weighted by molar-refractivity contribution is -0.141. The first-order valence-corrected chi connectivity index (χ1v) is 6.03. The molecule has 0 aliphatic rings. The van der Waals surface area contributed by atoms with E-state index in [0.717, 1.165) is 6.07 Å². The molecule has 0 radical (unpaired) electrons. The highest BCUT2D eigenvalue weighted by Gasteiger charge is 2.31. The van der Waals surface area contributed by atoms with Crippen molar-refractivity contribution in [3.05, 3.63) is 35.4 Å². The first-order valence-electron chi connectivity index (χ1n) is 6.03. The molecule has 4 heteroatoms. The normalized spacial score (nSPS) is 14.3. The van der Waals surface area contributed by atoms with Gasteiger partial charge < -0.3 is 4.74 Å². The summed E-state index contributed by atoms with van der Waals surface area (Å²) >= 11 is 0. The second-order valence-electron chi connectivity index (χ2n) is 4.40. The van der Waals surface area contributed by atoms with Crippen LogP contribution in [-0.4, -0.2) is 18.0 Å². The number of Topliss-reactive ketones (excluding diaryl/α,β-unsaturated/α-hetero) is 1. The van der Waals surface area contributed by atoms with Gasteiger partial charge in [-0.3, -0.25) is 4.79 Å². The van der Waals surface area contributed by atoms with Crippen molar-refractivity contribution in [2.24, 2.45) is 0 Å². The maximum absolute atomic E-state index is 13.0. The fraction of sp³-hybridized carbons (Fsp3) is 0.500. The molecule has 0 fully saturated rings. The first kappa shape index (κ1) is 14.8. The van der Waals surface area contributed by atoms with Crippen LogP contribution < -0.4 is 0 Å². The molecule has 0 aromatic heterocycles.